The van der Waals surface area contributed by atoms with Crippen molar-refractivity contribution in [2.75, 3.05) is 7.11 Å². The van der Waals surface area contributed by atoms with E-state index in [1.807, 2.05) is 19.1 Å². The minimum absolute atomic E-state index is 0.240. The Labute approximate surface area is 148 Å². The number of halogens is 1. The number of hydrogen-bond donors (Lipinski definition) is 1. The van der Waals surface area contributed by atoms with Crippen molar-refractivity contribution in [1.82, 2.24) is 9.97 Å². The van der Waals surface area contributed by atoms with Crippen LogP contribution in [0.2, 0.25) is 0 Å². The fourth-order valence-electron chi connectivity index (χ4n) is 2.47. The SMILES string of the molecule is COC(=O)c1ccc(/C=C(/Cl)c2nc3c(C)cccc3c(=O)[nH]2)cc1. The number of nitrogens with one attached hydrogen (secondary N) is 1. The summed E-state index contributed by atoms with van der Waals surface area (Å²) in [4.78, 5) is 30.8. The lowest BCUT2D eigenvalue weighted by molar-refractivity contribution is 0.0600. The molecular formula is C19H15ClN2O3. The van der Waals surface area contributed by atoms with Crippen molar-refractivity contribution in [3.8, 4) is 0 Å². The Morgan fingerprint density at radius 2 is 1.92 bits per heavy atom. The minimum Gasteiger partial charge on any atom is -0.465 e. The van der Waals surface area contributed by atoms with Crippen LogP contribution in [0.3, 0.4) is 0 Å². The zero-order valence-corrected chi connectivity index (χ0v) is 14.4. The molecule has 0 saturated carbocycles. The Bertz CT molecular complexity index is 1040. The molecule has 0 amide bonds. The van der Waals surface area contributed by atoms with Gasteiger partial charge in [0.15, 0.2) is 5.82 Å². The standard InChI is InChI=1S/C19H15ClN2O3/c1-11-4-3-5-14-16(11)21-17(22-18(14)23)15(20)10-12-6-8-13(9-7-12)19(24)25-2/h3-10H,1-2H3,(H,21,22,23)/b15-10+. The Balaban J connectivity index is 2.00. The van der Waals surface area contributed by atoms with Crippen LogP contribution in [0.15, 0.2) is 47.3 Å². The lowest BCUT2D eigenvalue weighted by atomic mass is 10.1. The van der Waals surface area contributed by atoms with Gasteiger partial charge >= 0.3 is 5.97 Å². The number of aryl methyl sites for hydroxylation is 1. The lowest BCUT2D eigenvalue weighted by Gasteiger charge is -2.05. The van der Waals surface area contributed by atoms with E-state index in [2.05, 4.69) is 14.7 Å². The van der Waals surface area contributed by atoms with Crippen LogP contribution in [0.4, 0.5) is 0 Å². The second-order valence-corrected chi connectivity index (χ2v) is 5.90. The molecule has 3 rings (SSSR count). The molecule has 25 heavy (non-hydrogen) atoms. The molecule has 1 aromatic heterocycles. The van der Waals surface area contributed by atoms with Gasteiger partial charge in [-0.05, 0) is 42.3 Å². The highest BCUT2D eigenvalue weighted by Gasteiger charge is 2.09. The van der Waals surface area contributed by atoms with E-state index in [4.69, 9.17) is 11.6 Å². The van der Waals surface area contributed by atoms with E-state index in [0.717, 1.165) is 11.1 Å². The Morgan fingerprint density at radius 3 is 2.60 bits per heavy atom. The summed E-state index contributed by atoms with van der Waals surface area (Å²) in [7, 11) is 1.33. The van der Waals surface area contributed by atoms with Crippen LogP contribution in [0.5, 0.6) is 0 Å². The predicted octanol–water partition coefficient (Wildman–Crippen LogP) is 3.76. The third kappa shape index (κ3) is 3.46. The summed E-state index contributed by atoms with van der Waals surface area (Å²) in [6.07, 6.45) is 1.67. The summed E-state index contributed by atoms with van der Waals surface area (Å²) in [5.41, 5.74) is 2.50. The van der Waals surface area contributed by atoms with Crippen molar-refractivity contribution < 1.29 is 9.53 Å². The first-order chi connectivity index (χ1) is 12.0. The molecular weight excluding hydrogens is 340 g/mol. The van der Waals surface area contributed by atoms with Crippen molar-refractivity contribution in [2.45, 2.75) is 6.92 Å². The van der Waals surface area contributed by atoms with Gasteiger partial charge in [-0.15, -0.1) is 0 Å². The third-order valence-corrected chi connectivity index (χ3v) is 4.08. The number of fused-ring (bicyclic) bond motifs is 1. The van der Waals surface area contributed by atoms with Gasteiger partial charge in [0.1, 0.15) is 0 Å². The molecule has 126 valence electrons. The number of carbonyl (C=O) groups is 1. The average Bonchev–Trinajstić information content (AvgIpc) is 2.62. The molecule has 0 aliphatic rings. The Hall–Kier alpha value is -2.92. The zero-order chi connectivity index (χ0) is 18.0. The molecule has 2 aromatic carbocycles. The van der Waals surface area contributed by atoms with Crippen LogP contribution < -0.4 is 5.56 Å². The van der Waals surface area contributed by atoms with Gasteiger partial charge < -0.3 is 9.72 Å². The molecule has 0 unspecified atom stereocenters. The highest BCUT2D eigenvalue weighted by Crippen LogP contribution is 2.21. The van der Waals surface area contributed by atoms with Gasteiger partial charge in [0.05, 0.1) is 28.6 Å². The van der Waals surface area contributed by atoms with Crippen molar-refractivity contribution >= 4 is 39.6 Å². The summed E-state index contributed by atoms with van der Waals surface area (Å²) in [5.74, 6) is -0.108. The van der Waals surface area contributed by atoms with Crippen LogP contribution in [-0.2, 0) is 4.74 Å². The largest absolute Gasteiger partial charge is 0.465 e. The van der Waals surface area contributed by atoms with Gasteiger partial charge in [0, 0.05) is 0 Å². The first kappa shape index (κ1) is 16.9. The quantitative estimate of drug-likeness (QED) is 0.727. The summed E-state index contributed by atoms with van der Waals surface area (Å²) in [5, 5.41) is 0.823. The first-order valence-electron chi connectivity index (χ1n) is 7.55. The van der Waals surface area contributed by atoms with E-state index in [9.17, 15) is 9.59 Å². The Morgan fingerprint density at radius 1 is 1.20 bits per heavy atom. The molecule has 0 radical (unpaired) electrons. The maximum Gasteiger partial charge on any atom is 0.337 e. The molecule has 5 nitrogen and oxygen atoms in total. The molecule has 0 aliphatic carbocycles. The predicted molar refractivity (Wildman–Crippen MR) is 98.6 cm³/mol. The van der Waals surface area contributed by atoms with E-state index in [1.54, 1.807) is 36.4 Å². The maximum absolute atomic E-state index is 12.2. The molecule has 0 atom stereocenters. The number of hydrogen-bond acceptors (Lipinski definition) is 4. The smallest absolute Gasteiger partial charge is 0.337 e. The van der Waals surface area contributed by atoms with Crippen LogP contribution in [0.25, 0.3) is 22.0 Å². The van der Waals surface area contributed by atoms with E-state index in [-0.39, 0.29) is 5.56 Å². The minimum atomic E-state index is -0.405. The number of carbonyl (C=O) groups excluding carboxylic acids is 1. The molecule has 1 heterocycles. The average molecular weight is 355 g/mol. The van der Waals surface area contributed by atoms with Crippen molar-refractivity contribution in [2.24, 2.45) is 0 Å². The Kier molecular flexibility index (Phi) is 4.67. The van der Waals surface area contributed by atoms with Gasteiger partial charge in [-0.25, -0.2) is 9.78 Å². The third-order valence-electron chi connectivity index (χ3n) is 3.79. The second kappa shape index (κ2) is 6.91. The maximum atomic E-state index is 12.2. The van der Waals surface area contributed by atoms with Crippen LogP contribution in [0.1, 0.15) is 27.3 Å². The number of ether oxygens (including phenoxy) is 1. The number of benzene rings is 2. The number of rotatable bonds is 3. The molecule has 3 aromatic rings. The van der Waals surface area contributed by atoms with Gasteiger partial charge in [-0.1, -0.05) is 35.9 Å². The summed E-state index contributed by atoms with van der Waals surface area (Å²) < 4.78 is 4.66. The number of aromatic nitrogens is 2. The monoisotopic (exact) mass is 354 g/mol. The van der Waals surface area contributed by atoms with Gasteiger partial charge in [0.25, 0.3) is 5.56 Å². The molecule has 0 saturated heterocycles. The van der Waals surface area contributed by atoms with E-state index < -0.39 is 5.97 Å². The molecule has 0 spiro atoms. The lowest BCUT2D eigenvalue weighted by Crippen LogP contribution is -2.11. The van der Waals surface area contributed by atoms with Gasteiger partial charge in [0.2, 0.25) is 0 Å². The molecule has 0 aliphatic heterocycles. The molecule has 0 fully saturated rings. The van der Waals surface area contributed by atoms with Crippen molar-refractivity contribution in [3.05, 3.63) is 75.3 Å². The van der Waals surface area contributed by atoms with Gasteiger partial charge in [-0.2, -0.15) is 0 Å². The van der Waals surface area contributed by atoms with E-state index in [1.165, 1.54) is 7.11 Å². The fraction of sp³-hybridized carbons (Fsp3) is 0.105. The number of para-hydroxylation sites is 1. The highest BCUT2D eigenvalue weighted by molar-refractivity contribution is 6.50. The molecule has 6 heteroatoms. The fourth-order valence-corrected chi connectivity index (χ4v) is 2.68. The first-order valence-corrected chi connectivity index (χ1v) is 7.93. The number of aromatic amines is 1. The van der Waals surface area contributed by atoms with Crippen LogP contribution in [0, 0.1) is 6.92 Å². The van der Waals surface area contributed by atoms with Crippen molar-refractivity contribution in [3.63, 3.8) is 0 Å². The topological polar surface area (TPSA) is 72.0 Å². The van der Waals surface area contributed by atoms with Crippen LogP contribution in [-0.4, -0.2) is 23.0 Å². The second-order valence-electron chi connectivity index (χ2n) is 5.49. The number of H-pyrrole nitrogens is 1. The summed E-state index contributed by atoms with van der Waals surface area (Å²) in [6.45, 7) is 1.89. The van der Waals surface area contributed by atoms with E-state index in [0.29, 0.717) is 27.3 Å². The van der Waals surface area contributed by atoms with Gasteiger partial charge in [-0.3, -0.25) is 4.79 Å². The molecule has 0 bridgehead atoms. The normalized spacial score (nSPS) is 11.6. The molecule has 1 N–H and O–H groups in total. The zero-order valence-electron chi connectivity index (χ0n) is 13.7. The summed E-state index contributed by atoms with van der Waals surface area (Å²) >= 11 is 6.33. The number of nitrogens with zero attached hydrogens (tertiary/aromatic N) is 1. The van der Waals surface area contributed by atoms with Crippen molar-refractivity contribution in [1.29, 1.82) is 0 Å². The summed E-state index contributed by atoms with van der Waals surface area (Å²) in [6, 6.07) is 12.2. The van der Waals surface area contributed by atoms with E-state index >= 15 is 0 Å². The van der Waals surface area contributed by atoms with Crippen LogP contribution >= 0.6 is 11.6 Å². The number of methoxy groups -OCH3 is 1. The highest BCUT2D eigenvalue weighted by atomic mass is 35.5. The number of esters is 1.